The minimum Gasteiger partial charge on any atom is -0.497 e. The Labute approximate surface area is 88.1 Å². The molecule has 1 heterocycles. The number of methoxy groups -OCH3 is 1. The molecule has 0 unspecified atom stereocenters. The quantitative estimate of drug-likeness (QED) is 0.803. The maximum absolute atomic E-state index is 5.12. The smallest absolute Gasteiger partial charge is 0.155 e. The van der Waals surface area contributed by atoms with Crippen LogP contribution in [0.25, 0.3) is 10.9 Å². The van der Waals surface area contributed by atoms with Crippen LogP contribution in [0.1, 0.15) is 0 Å². The van der Waals surface area contributed by atoms with Gasteiger partial charge in [0, 0.05) is 12.4 Å². The molecule has 0 atom stereocenters. The number of halogens is 1. The van der Waals surface area contributed by atoms with E-state index in [1.165, 1.54) is 0 Å². The van der Waals surface area contributed by atoms with Crippen molar-refractivity contribution in [3.8, 4) is 5.75 Å². The van der Waals surface area contributed by atoms with Gasteiger partial charge < -0.3 is 10.1 Å². The number of nitrogens with zero attached hydrogens (tertiary/aromatic N) is 1. The van der Waals surface area contributed by atoms with Crippen molar-refractivity contribution in [2.45, 2.75) is 0 Å². The number of aromatic amines is 1. The Hall–Kier alpha value is -1.42. The van der Waals surface area contributed by atoms with Crippen molar-refractivity contribution < 1.29 is 4.74 Å². The largest absolute Gasteiger partial charge is 0.497 e. The van der Waals surface area contributed by atoms with Crippen molar-refractivity contribution in [3.05, 3.63) is 18.2 Å². The molecule has 2 rings (SSSR count). The van der Waals surface area contributed by atoms with Crippen LogP contribution in [0.4, 0.5) is 5.82 Å². The zero-order valence-electron chi connectivity index (χ0n) is 8.00. The van der Waals surface area contributed by atoms with Crippen LogP contribution in [0.3, 0.4) is 0 Å². The first-order chi connectivity index (χ1) is 6.35. The predicted octanol–water partition coefficient (Wildman–Crippen LogP) is 2.03. The van der Waals surface area contributed by atoms with Crippen molar-refractivity contribution in [2.75, 3.05) is 19.5 Å². The summed E-state index contributed by atoms with van der Waals surface area (Å²) in [5, 5.41) is 11.1. The molecular weight excluding hydrogens is 202 g/mol. The van der Waals surface area contributed by atoms with Crippen molar-refractivity contribution in [1.82, 2.24) is 10.2 Å². The van der Waals surface area contributed by atoms with Gasteiger partial charge in [-0.2, -0.15) is 5.10 Å². The Bertz CT molecular complexity index is 427. The number of H-pyrrole nitrogens is 1. The number of benzene rings is 1. The summed E-state index contributed by atoms with van der Waals surface area (Å²) in [7, 11) is 3.50. The summed E-state index contributed by atoms with van der Waals surface area (Å²) in [6, 6.07) is 5.80. The second kappa shape index (κ2) is 4.19. The molecule has 76 valence electrons. The molecule has 5 heteroatoms. The normalized spacial score (nSPS) is 9.57. The maximum Gasteiger partial charge on any atom is 0.155 e. The van der Waals surface area contributed by atoms with Crippen molar-refractivity contribution in [3.63, 3.8) is 0 Å². The summed E-state index contributed by atoms with van der Waals surface area (Å²) in [4.78, 5) is 0. The van der Waals surface area contributed by atoms with E-state index in [2.05, 4.69) is 15.5 Å². The summed E-state index contributed by atoms with van der Waals surface area (Å²) in [5.41, 5.74) is 1.00. The highest BCUT2D eigenvalue weighted by Gasteiger charge is 2.03. The van der Waals surface area contributed by atoms with Gasteiger partial charge in [-0.3, -0.25) is 5.10 Å². The van der Waals surface area contributed by atoms with Crippen LogP contribution >= 0.6 is 12.4 Å². The highest BCUT2D eigenvalue weighted by Crippen LogP contribution is 2.24. The molecule has 4 nitrogen and oxygen atoms in total. The summed E-state index contributed by atoms with van der Waals surface area (Å²) >= 11 is 0. The van der Waals surface area contributed by atoms with E-state index in [1.54, 1.807) is 7.11 Å². The Balaban J connectivity index is 0.000000980. The van der Waals surface area contributed by atoms with Gasteiger partial charge in [-0.05, 0) is 18.2 Å². The lowest BCUT2D eigenvalue weighted by Gasteiger charge is -1.99. The Morgan fingerprint density at radius 2 is 2.21 bits per heavy atom. The van der Waals surface area contributed by atoms with Gasteiger partial charge in [0.15, 0.2) is 5.82 Å². The van der Waals surface area contributed by atoms with Gasteiger partial charge in [0.25, 0.3) is 0 Å². The molecule has 1 aromatic carbocycles. The fourth-order valence-corrected chi connectivity index (χ4v) is 1.31. The molecule has 0 amide bonds. The number of rotatable bonds is 2. The van der Waals surface area contributed by atoms with Crippen LogP contribution in [0.15, 0.2) is 18.2 Å². The van der Waals surface area contributed by atoms with Gasteiger partial charge in [-0.25, -0.2) is 0 Å². The maximum atomic E-state index is 5.12. The Kier molecular flexibility index (Phi) is 3.19. The summed E-state index contributed by atoms with van der Waals surface area (Å²) in [6.07, 6.45) is 0. The van der Waals surface area contributed by atoms with Gasteiger partial charge in [-0.1, -0.05) is 0 Å². The lowest BCUT2D eigenvalue weighted by molar-refractivity contribution is 0.415. The van der Waals surface area contributed by atoms with Crippen molar-refractivity contribution in [2.24, 2.45) is 0 Å². The molecule has 14 heavy (non-hydrogen) atoms. The first kappa shape index (κ1) is 10.7. The van der Waals surface area contributed by atoms with Crippen LogP contribution in [-0.4, -0.2) is 24.4 Å². The van der Waals surface area contributed by atoms with E-state index in [-0.39, 0.29) is 12.4 Å². The lowest BCUT2D eigenvalue weighted by Crippen LogP contribution is -1.88. The molecule has 2 N–H and O–H groups in total. The zero-order chi connectivity index (χ0) is 9.26. The number of aromatic nitrogens is 2. The number of anilines is 1. The standard InChI is InChI=1S/C9H11N3O.ClH/c1-10-9-7-5-6(13-2)3-4-8(7)11-12-9;/h3-5H,1-2H3,(H2,10,11,12);1H. The summed E-state index contributed by atoms with van der Waals surface area (Å²) in [5.74, 6) is 1.68. The number of ether oxygens (including phenoxy) is 1. The molecule has 0 saturated carbocycles. The highest BCUT2D eigenvalue weighted by molar-refractivity contribution is 5.90. The van der Waals surface area contributed by atoms with Crippen molar-refractivity contribution >= 4 is 29.1 Å². The third kappa shape index (κ3) is 1.61. The minimum atomic E-state index is 0. The fourth-order valence-electron chi connectivity index (χ4n) is 1.31. The lowest BCUT2D eigenvalue weighted by atomic mass is 10.2. The fraction of sp³-hybridized carbons (Fsp3) is 0.222. The Morgan fingerprint density at radius 3 is 2.86 bits per heavy atom. The molecule has 0 bridgehead atoms. The average Bonchev–Trinajstić information content (AvgIpc) is 2.59. The van der Waals surface area contributed by atoms with Gasteiger partial charge in [0.2, 0.25) is 0 Å². The monoisotopic (exact) mass is 213 g/mol. The molecule has 0 fully saturated rings. The van der Waals surface area contributed by atoms with E-state index in [0.29, 0.717) is 0 Å². The second-order valence-electron chi connectivity index (χ2n) is 2.73. The van der Waals surface area contributed by atoms with Crippen LogP contribution in [-0.2, 0) is 0 Å². The van der Waals surface area contributed by atoms with Gasteiger partial charge >= 0.3 is 0 Å². The molecule has 0 aliphatic carbocycles. The first-order valence-corrected chi connectivity index (χ1v) is 4.05. The van der Waals surface area contributed by atoms with Gasteiger partial charge in [-0.15, -0.1) is 12.4 Å². The number of fused-ring (bicyclic) bond motifs is 1. The molecule has 2 aromatic rings. The van der Waals surface area contributed by atoms with Crippen LogP contribution in [0, 0.1) is 0 Å². The van der Waals surface area contributed by atoms with Crippen LogP contribution in [0.5, 0.6) is 5.75 Å². The van der Waals surface area contributed by atoms with E-state index in [1.807, 2.05) is 25.2 Å². The van der Waals surface area contributed by atoms with E-state index in [9.17, 15) is 0 Å². The highest BCUT2D eigenvalue weighted by atomic mass is 35.5. The number of hydrogen-bond acceptors (Lipinski definition) is 3. The number of hydrogen-bond donors (Lipinski definition) is 2. The van der Waals surface area contributed by atoms with Gasteiger partial charge in [0.05, 0.1) is 12.6 Å². The Morgan fingerprint density at radius 1 is 1.43 bits per heavy atom. The zero-order valence-corrected chi connectivity index (χ0v) is 8.81. The second-order valence-corrected chi connectivity index (χ2v) is 2.73. The van der Waals surface area contributed by atoms with E-state index >= 15 is 0 Å². The molecule has 0 aliphatic rings. The van der Waals surface area contributed by atoms with E-state index in [0.717, 1.165) is 22.5 Å². The SMILES string of the molecule is CNc1n[nH]c2ccc(OC)cc12.Cl. The van der Waals surface area contributed by atoms with Crippen LogP contribution < -0.4 is 10.1 Å². The summed E-state index contributed by atoms with van der Waals surface area (Å²) in [6.45, 7) is 0. The molecule has 0 radical (unpaired) electrons. The van der Waals surface area contributed by atoms with Crippen molar-refractivity contribution in [1.29, 1.82) is 0 Å². The molecular formula is C9H12ClN3O. The molecule has 1 aromatic heterocycles. The number of nitrogens with one attached hydrogen (secondary N) is 2. The minimum absolute atomic E-state index is 0. The average molecular weight is 214 g/mol. The van der Waals surface area contributed by atoms with E-state index in [4.69, 9.17) is 4.74 Å². The predicted molar refractivity (Wildman–Crippen MR) is 59.4 cm³/mol. The first-order valence-electron chi connectivity index (χ1n) is 4.05. The van der Waals surface area contributed by atoms with Crippen LogP contribution in [0.2, 0.25) is 0 Å². The van der Waals surface area contributed by atoms with Gasteiger partial charge in [0.1, 0.15) is 5.75 Å². The molecule has 0 aliphatic heterocycles. The molecule has 0 spiro atoms. The molecule has 0 saturated heterocycles. The summed E-state index contributed by atoms with van der Waals surface area (Å²) < 4.78 is 5.12. The van der Waals surface area contributed by atoms with E-state index < -0.39 is 0 Å². The topological polar surface area (TPSA) is 49.9 Å². The third-order valence-corrected chi connectivity index (χ3v) is 2.01. The third-order valence-electron chi connectivity index (χ3n) is 2.01.